The van der Waals surface area contributed by atoms with E-state index in [2.05, 4.69) is 10.4 Å². The average molecular weight is 489 g/mol. The number of hydrogen-bond donors (Lipinski definition) is 2. The summed E-state index contributed by atoms with van der Waals surface area (Å²) in [5, 5.41) is 13.9. The standard InChI is InChI=1S/C22H18Cl2N4O3S/c23-16-7-5-14(6-8-16)13-28-20-10-17(11-21(32(25,30)31)18(20)12-26-28)27-22(29)9-15-3-1-2-4-19(15)24/h1-8,10-12H,9,13H2,(H,27,29)(H2,25,30,31). The highest BCUT2D eigenvalue weighted by Gasteiger charge is 2.19. The predicted octanol–water partition coefficient (Wildman–Crippen LogP) is 4.22. The molecule has 7 nitrogen and oxygen atoms in total. The fraction of sp³-hybridized carbons (Fsp3) is 0.0909. The van der Waals surface area contributed by atoms with Crippen LogP contribution in [0.1, 0.15) is 11.1 Å². The molecule has 0 atom stereocenters. The zero-order valence-electron chi connectivity index (χ0n) is 16.6. The van der Waals surface area contributed by atoms with Crippen molar-refractivity contribution in [2.24, 2.45) is 5.14 Å². The molecular weight excluding hydrogens is 471 g/mol. The molecular formula is C22H18Cl2N4O3S. The van der Waals surface area contributed by atoms with Gasteiger partial charge in [-0.05, 0) is 41.5 Å². The van der Waals surface area contributed by atoms with E-state index in [1.54, 1.807) is 47.1 Å². The lowest BCUT2D eigenvalue weighted by Crippen LogP contribution is -2.17. The van der Waals surface area contributed by atoms with Crippen LogP contribution >= 0.6 is 23.2 Å². The smallest absolute Gasteiger partial charge is 0.238 e. The first-order chi connectivity index (χ1) is 15.2. The van der Waals surface area contributed by atoms with Gasteiger partial charge in [-0.25, -0.2) is 13.6 Å². The van der Waals surface area contributed by atoms with E-state index in [0.29, 0.717) is 33.1 Å². The monoisotopic (exact) mass is 488 g/mol. The highest BCUT2D eigenvalue weighted by Crippen LogP contribution is 2.28. The first-order valence-electron chi connectivity index (χ1n) is 9.51. The largest absolute Gasteiger partial charge is 0.326 e. The number of amides is 1. The van der Waals surface area contributed by atoms with E-state index in [4.69, 9.17) is 28.3 Å². The van der Waals surface area contributed by atoms with E-state index in [0.717, 1.165) is 5.56 Å². The number of nitrogens with two attached hydrogens (primary N) is 1. The molecule has 1 amide bonds. The molecule has 0 saturated heterocycles. The summed E-state index contributed by atoms with van der Waals surface area (Å²) in [5.74, 6) is -0.346. The van der Waals surface area contributed by atoms with E-state index < -0.39 is 10.0 Å². The maximum atomic E-state index is 12.6. The van der Waals surface area contributed by atoms with Gasteiger partial charge < -0.3 is 5.32 Å². The minimum Gasteiger partial charge on any atom is -0.326 e. The molecule has 1 heterocycles. The Kier molecular flexibility index (Phi) is 6.21. The fourth-order valence-electron chi connectivity index (χ4n) is 3.36. The molecule has 0 aliphatic rings. The van der Waals surface area contributed by atoms with Crippen LogP contribution in [0.25, 0.3) is 10.9 Å². The number of fused-ring (bicyclic) bond motifs is 1. The molecule has 0 saturated carbocycles. The maximum absolute atomic E-state index is 12.6. The molecule has 32 heavy (non-hydrogen) atoms. The van der Waals surface area contributed by atoms with Crippen LogP contribution in [0.5, 0.6) is 0 Å². The highest BCUT2D eigenvalue weighted by molar-refractivity contribution is 7.89. The Hall–Kier alpha value is -2.91. The van der Waals surface area contributed by atoms with Crippen molar-refractivity contribution < 1.29 is 13.2 Å². The predicted molar refractivity (Wildman–Crippen MR) is 125 cm³/mol. The zero-order chi connectivity index (χ0) is 22.9. The van der Waals surface area contributed by atoms with Crippen LogP contribution < -0.4 is 10.5 Å². The van der Waals surface area contributed by atoms with E-state index in [9.17, 15) is 13.2 Å². The third kappa shape index (κ3) is 4.94. The van der Waals surface area contributed by atoms with Crippen molar-refractivity contribution in [3.63, 3.8) is 0 Å². The van der Waals surface area contributed by atoms with Crippen molar-refractivity contribution in [3.05, 3.63) is 88.0 Å². The van der Waals surface area contributed by atoms with Gasteiger partial charge in [-0.1, -0.05) is 53.5 Å². The highest BCUT2D eigenvalue weighted by atomic mass is 35.5. The third-order valence-corrected chi connectivity index (χ3v) is 6.44. The molecule has 0 radical (unpaired) electrons. The summed E-state index contributed by atoms with van der Waals surface area (Å²) < 4.78 is 26.1. The van der Waals surface area contributed by atoms with Crippen molar-refractivity contribution in [2.45, 2.75) is 17.9 Å². The molecule has 0 unspecified atom stereocenters. The molecule has 3 aromatic carbocycles. The van der Waals surface area contributed by atoms with Crippen LogP contribution in [0.2, 0.25) is 10.0 Å². The summed E-state index contributed by atoms with van der Waals surface area (Å²) in [6.07, 6.45) is 1.48. The number of benzene rings is 3. The Morgan fingerprint density at radius 2 is 1.78 bits per heavy atom. The maximum Gasteiger partial charge on any atom is 0.238 e. The molecule has 0 aliphatic heterocycles. The topological polar surface area (TPSA) is 107 Å². The number of halogens is 2. The van der Waals surface area contributed by atoms with Gasteiger partial charge in [0.15, 0.2) is 0 Å². The first kappa shape index (κ1) is 22.3. The van der Waals surface area contributed by atoms with Gasteiger partial charge in [-0.3, -0.25) is 9.48 Å². The van der Waals surface area contributed by atoms with Gasteiger partial charge in [-0.2, -0.15) is 5.10 Å². The van der Waals surface area contributed by atoms with Crippen molar-refractivity contribution in [3.8, 4) is 0 Å². The van der Waals surface area contributed by atoms with Gasteiger partial charge in [0.2, 0.25) is 15.9 Å². The van der Waals surface area contributed by atoms with Crippen molar-refractivity contribution >= 4 is 55.7 Å². The molecule has 1 aromatic heterocycles. The van der Waals surface area contributed by atoms with E-state index in [-0.39, 0.29) is 22.9 Å². The van der Waals surface area contributed by atoms with Crippen LogP contribution in [0, 0.1) is 0 Å². The Balaban J connectivity index is 1.70. The Morgan fingerprint density at radius 3 is 2.47 bits per heavy atom. The van der Waals surface area contributed by atoms with E-state index in [1.165, 1.54) is 12.3 Å². The number of primary sulfonamides is 1. The van der Waals surface area contributed by atoms with Crippen LogP contribution in [0.15, 0.2) is 71.8 Å². The molecule has 164 valence electrons. The van der Waals surface area contributed by atoms with Gasteiger partial charge in [-0.15, -0.1) is 0 Å². The lowest BCUT2D eigenvalue weighted by Gasteiger charge is -2.11. The second-order valence-electron chi connectivity index (χ2n) is 7.20. The number of sulfonamides is 1. The number of carbonyl (C=O) groups excluding carboxylic acids is 1. The average Bonchev–Trinajstić information content (AvgIpc) is 3.12. The van der Waals surface area contributed by atoms with Crippen LogP contribution in [-0.2, 0) is 27.8 Å². The minimum atomic E-state index is -4.06. The zero-order valence-corrected chi connectivity index (χ0v) is 19.0. The van der Waals surface area contributed by atoms with Crippen molar-refractivity contribution in [1.29, 1.82) is 0 Å². The SMILES string of the molecule is NS(=O)(=O)c1cc(NC(=O)Cc2ccccc2Cl)cc2c1cnn2Cc1ccc(Cl)cc1. The first-order valence-corrected chi connectivity index (χ1v) is 11.8. The van der Waals surface area contributed by atoms with Gasteiger partial charge >= 0.3 is 0 Å². The van der Waals surface area contributed by atoms with Gasteiger partial charge in [0.05, 0.1) is 29.6 Å². The molecule has 0 fully saturated rings. The summed E-state index contributed by atoms with van der Waals surface area (Å²) >= 11 is 12.1. The summed E-state index contributed by atoms with van der Waals surface area (Å²) in [6, 6.07) is 17.2. The molecule has 4 rings (SSSR count). The Morgan fingerprint density at radius 1 is 1.06 bits per heavy atom. The van der Waals surface area contributed by atoms with Gasteiger partial charge in [0.1, 0.15) is 0 Å². The number of rotatable bonds is 6. The minimum absolute atomic E-state index is 0.0342. The number of carbonyl (C=O) groups is 1. The van der Waals surface area contributed by atoms with Crippen molar-refractivity contribution in [1.82, 2.24) is 9.78 Å². The molecule has 10 heteroatoms. The van der Waals surface area contributed by atoms with Gasteiger partial charge in [0.25, 0.3) is 0 Å². The summed E-state index contributed by atoms with van der Waals surface area (Å²) in [5.41, 5.74) is 2.38. The third-order valence-electron chi connectivity index (χ3n) is 4.87. The lowest BCUT2D eigenvalue weighted by atomic mass is 10.1. The summed E-state index contributed by atoms with van der Waals surface area (Å²) in [7, 11) is -4.06. The Bertz CT molecular complexity index is 1420. The van der Waals surface area contributed by atoms with E-state index >= 15 is 0 Å². The second kappa shape index (κ2) is 8.91. The number of nitrogens with zero attached hydrogens (tertiary/aromatic N) is 2. The van der Waals surface area contributed by atoms with Crippen LogP contribution in [0.3, 0.4) is 0 Å². The molecule has 0 aliphatic carbocycles. The lowest BCUT2D eigenvalue weighted by molar-refractivity contribution is -0.115. The summed E-state index contributed by atoms with van der Waals surface area (Å²) in [6.45, 7) is 0.377. The van der Waals surface area contributed by atoms with Crippen LogP contribution in [0.4, 0.5) is 5.69 Å². The molecule has 3 N–H and O–H groups in total. The Labute approximate surface area is 194 Å². The van der Waals surface area contributed by atoms with Crippen LogP contribution in [-0.4, -0.2) is 24.1 Å². The van der Waals surface area contributed by atoms with Gasteiger partial charge in [0, 0.05) is 21.1 Å². The fourth-order valence-corrected chi connectivity index (χ4v) is 4.44. The van der Waals surface area contributed by atoms with Crippen molar-refractivity contribution in [2.75, 3.05) is 5.32 Å². The summed E-state index contributed by atoms with van der Waals surface area (Å²) in [4.78, 5) is 12.5. The number of aromatic nitrogens is 2. The second-order valence-corrected chi connectivity index (χ2v) is 9.57. The molecule has 4 aromatic rings. The quantitative estimate of drug-likeness (QED) is 0.423. The molecule has 0 bridgehead atoms. The normalized spacial score (nSPS) is 11.6. The number of nitrogens with one attached hydrogen (secondary N) is 1. The van der Waals surface area contributed by atoms with E-state index in [1.807, 2.05) is 12.1 Å². The number of hydrogen-bond acceptors (Lipinski definition) is 4. The number of anilines is 1. The molecule has 0 spiro atoms.